The van der Waals surface area contributed by atoms with Gasteiger partial charge in [0.15, 0.2) is 0 Å². The Hall–Kier alpha value is -2.54. The number of fused-ring (bicyclic) bond motifs is 1. The first-order chi connectivity index (χ1) is 15.3. The van der Waals surface area contributed by atoms with Gasteiger partial charge in [0.05, 0.1) is 10.4 Å². The van der Waals surface area contributed by atoms with Gasteiger partial charge < -0.3 is 9.47 Å². The van der Waals surface area contributed by atoms with Crippen molar-refractivity contribution in [1.29, 1.82) is 0 Å². The van der Waals surface area contributed by atoms with Gasteiger partial charge in [0.1, 0.15) is 6.54 Å². The third-order valence-electron chi connectivity index (χ3n) is 6.45. The number of aromatic nitrogens is 1. The second-order valence-corrected chi connectivity index (χ2v) is 9.95. The lowest BCUT2D eigenvalue weighted by Crippen LogP contribution is -2.43. The average Bonchev–Trinajstić information content (AvgIpc) is 3.24. The molecule has 2 fully saturated rings. The zero-order chi connectivity index (χ0) is 23.0. The van der Waals surface area contributed by atoms with Crippen LogP contribution in [0.1, 0.15) is 58.1 Å². The summed E-state index contributed by atoms with van der Waals surface area (Å²) in [5.41, 5.74) is 3.06. The fourth-order valence-electron chi connectivity index (χ4n) is 4.76. The Bertz CT molecular complexity index is 1100. The van der Waals surface area contributed by atoms with E-state index in [4.69, 9.17) is 0 Å². The van der Waals surface area contributed by atoms with Gasteiger partial charge in [-0.05, 0) is 69.9 Å². The van der Waals surface area contributed by atoms with Crippen LogP contribution in [0.25, 0.3) is 17.0 Å². The monoisotopic (exact) mass is 453 g/mol. The highest BCUT2D eigenvalue weighted by Gasteiger charge is 2.37. The molecule has 0 saturated carbocycles. The molecular weight excluding hydrogens is 422 g/mol. The van der Waals surface area contributed by atoms with E-state index in [-0.39, 0.29) is 35.7 Å². The number of likely N-dealkylation sites (tertiary alicyclic amines) is 1. The number of piperidine rings is 1. The van der Waals surface area contributed by atoms with E-state index < -0.39 is 0 Å². The van der Waals surface area contributed by atoms with Crippen molar-refractivity contribution in [2.24, 2.45) is 0 Å². The van der Waals surface area contributed by atoms with Crippen LogP contribution in [-0.2, 0) is 22.6 Å². The number of imide groups is 1. The average molecular weight is 454 g/mol. The van der Waals surface area contributed by atoms with Gasteiger partial charge in [-0.3, -0.25) is 19.3 Å². The van der Waals surface area contributed by atoms with E-state index >= 15 is 0 Å². The molecule has 2 aliphatic heterocycles. The Morgan fingerprint density at radius 3 is 2.69 bits per heavy atom. The van der Waals surface area contributed by atoms with E-state index in [2.05, 4.69) is 19.9 Å². The van der Waals surface area contributed by atoms with Crippen LogP contribution in [0.2, 0.25) is 0 Å². The zero-order valence-corrected chi connectivity index (χ0v) is 20.1. The van der Waals surface area contributed by atoms with Gasteiger partial charge in [0.2, 0.25) is 5.91 Å². The van der Waals surface area contributed by atoms with Gasteiger partial charge in [-0.15, -0.1) is 0 Å². The van der Waals surface area contributed by atoms with E-state index in [1.807, 2.05) is 41.6 Å². The Labute approximate surface area is 193 Å². The van der Waals surface area contributed by atoms with Crippen molar-refractivity contribution < 1.29 is 14.4 Å². The summed E-state index contributed by atoms with van der Waals surface area (Å²) in [4.78, 5) is 42.0. The van der Waals surface area contributed by atoms with Gasteiger partial charge in [0.25, 0.3) is 11.1 Å². The van der Waals surface area contributed by atoms with Crippen molar-refractivity contribution in [3.8, 4) is 0 Å². The van der Waals surface area contributed by atoms with Crippen LogP contribution in [0.4, 0.5) is 4.79 Å². The summed E-state index contributed by atoms with van der Waals surface area (Å²) in [6.07, 6.45) is 7.89. The quantitative estimate of drug-likeness (QED) is 0.595. The number of hydrogen-bond acceptors (Lipinski definition) is 4. The van der Waals surface area contributed by atoms with E-state index in [9.17, 15) is 14.4 Å². The smallest absolute Gasteiger partial charge is 0.293 e. The molecule has 1 aromatic carbocycles. The minimum Gasteiger partial charge on any atom is -0.338 e. The minimum atomic E-state index is -0.249. The van der Waals surface area contributed by atoms with Crippen LogP contribution in [-0.4, -0.2) is 50.0 Å². The second-order valence-electron chi connectivity index (χ2n) is 8.96. The van der Waals surface area contributed by atoms with E-state index in [1.165, 1.54) is 11.3 Å². The SMILES string of the molecule is CCc1cccc2c(/C=C3\SC(=O)N(C(C)C)C3=O)cn(CC(=O)N3CCCC[C@H]3C)c12. The molecule has 3 amide bonds. The molecule has 3 heterocycles. The molecule has 2 saturated heterocycles. The van der Waals surface area contributed by atoms with Crippen LogP contribution >= 0.6 is 11.8 Å². The number of nitrogens with zero attached hydrogens (tertiary/aromatic N) is 3. The van der Waals surface area contributed by atoms with Crippen molar-refractivity contribution in [2.75, 3.05) is 6.54 Å². The first kappa shape index (κ1) is 22.6. The largest absolute Gasteiger partial charge is 0.338 e. The second kappa shape index (κ2) is 9.14. The Balaban J connectivity index is 1.73. The third-order valence-corrected chi connectivity index (χ3v) is 7.33. The topological polar surface area (TPSA) is 62.6 Å². The Morgan fingerprint density at radius 2 is 2.03 bits per heavy atom. The maximum Gasteiger partial charge on any atom is 0.293 e. The molecule has 0 bridgehead atoms. The van der Waals surface area contributed by atoms with Crippen LogP contribution in [0.15, 0.2) is 29.3 Å². The molecule has 0 radical (unpaired) electrons. The molecule has 1 aromatic heterocycles. The molecule has 32 heavy (non-hydrogen) atoms. The maximum absolute atomic E-state index is 13.2. The van der Waals surface area contributed by atoms with E-state index in [0.29, 0.717) is 4.91 Å². The fraction of sp³-hybridized carbons (Fsp3) is 0.480. The number of carbonyl (C=O) groups excluding carboxylic acids is 3. The molecule has 2 aromatic rings. The lowest BCUT2D eigenvalue weighted by molar-refractivity contribution is -0.135. The molecule has 0 aliphatic carbocycles. The molecule has 1 atom stereocenters. The summed E-state index contributed by atoms with van der Waals surface area (Å²) in [5, 5.41) is 0.767. The maximum atomic E-state index is 13.2. The molecule has 0 N–H and O–H groups in total. The standard InChI is InChI=1S/C25H31N3O3S/c1-5-18-10-8-11-20-19(13-21-24(30)28(16(2)3)25(31)32-21)14-26(23(18)20)15-22(29)27-12-7-6-9-17(27)4/h8,10-11,13-14,16-17H,5-7,9,12,15H2,1-4H3/b21-13-/t17-/m1/s1. The van der Waals surface area contributed by atoms with Crippen LogP contribution in [0.5, 0.6) is 0 Å². The number of para-hydroxylation sites is 1. The molecule has 0 unspecified atom stereocenters. The number of carbonyl (C=O) groups is 3. The summed E-state index contributed by atoms with van der Waals surface area (Å²) in [6, 6.07) is 6.22. The predicted molar refractivity (Wildman–Crippen MR) is 129 cm³/mol. The van der Waals surface area contributed by atoms with Crippen LogP contribution in [0, 0.1) is 0 Å². The summed E-state index contributed by atoms with van der Waals surface area (Å²) >= 11 is 0.984. The van der Waals surface area contributed by atoms with Gasteiger partial charge in [-0.2, -0.15) is 0 Å². The molecule has 0 spiro atoms. The molecule has 170 valence electrons. The predicted octanol–water partition coefficient (Wildman–Crippen LogP) is 5.05. The number of rotatable bonds is 5. The highest BCUT2D eigenvalue weighted by molar-refractivity contribution is 8.18. The van der Waals surface area contributed by atoms with Crippen molar-refractivity contribution >= 4 is 45.8 Å². The highest BCUT2D eigenvalue weighted by atomic mass is 32.2. The van der Waals surface area contributed by atoms with Gasteiger partial charge in [-0.25, -0.2) is 0 Å². The van der Waals surface area contributed by atoms with E-state index in [1.54, 1.807) is 6.08 Å². The Kier molecular flexibility index (Phi) is 6.47. The minimum absolute atomic E-state index is 0.131. The molecule has 6 nitrogen and oxygen atoms in total. The number of aryl methyl sites for hydroxylation is 1. The first-order valence-corrected chi connectivity index (χ1v) is 12.3. The van der Waals surface area contributed by atoms with Crippen molar-refractivity contribution in [2.45, 2.75) is 72.0 Å². The summed E-state index contributed by atoms with van der Waals surface area (Å²) in [6.45, 7) is 9.00. The van der Waals surface area contributed by atoms with Gasteiger partial charge in [0, 0.05) is 35.8 Å². The molecular formula is C25H31N3O3S. The summed E-state index contributed by atoms with van der Waals surface area (Å²) in [5.74, 6) is -0.118. The van der Waals surface area contributed by atoms with Gasteiger partial charge >= 0.3 is 0 Å². The number of hydrogen-bond donors (Lipinski definition) is 0. The summed E-state index contributed by atoms with van der Waals surface area (Å²) < 4.78 is 2.02. The lowest BCUT2D eigenvalue weighted by Gasteiger charge is -2.33. The van der Waals surface area contributed by atoms with Crippen molar-refractivity contribution in [3.05, 3.63) is 40.4 Å². The fourth-order valence-corrected chi connectivity index (χ4v) is 5.71. The Morgan fingerprint density at radius 1 is 1.25 bits per heavy atom. The summed E-state index contributed by atoms with van der Waals surface area (Å²) in [7, 11) is 0. The van der Waals surface area contributed by atoms with Crippen LogP contribution in [0.3, 0.4) is 0 Å². The molecule has 7 heteroatoms. The van der Waals surface area contributed by atoms with E-state index in [0.717, 1.165) is 59.6 Å². The molecule has 4 rings (SSSR count). The lowest BCUT2D eigenvalue weighted by atomic mass is 10.0. The number of benzene rings is 1. The number of amides is 3. The van der Waals surface area contributed by atoms with Gasteiger partial charge in [-0.1, -0.05) is 25.1 Å². The van der Waals surface area contributed by atoms with Crippen molar-refractivity contribution in [3.63, 3.8) is 0 Å². The highest BCUT2D eigenvalue weighted by Crippen LogP contribution is 2.36. The van der Waals surface area contributed by atoms with Crippen molar-refractivity contribution in [1.82, 2.24) is 14.4 Å². The zero-order valence-electron chi connectivity index (χ0n) is 19.3. The first-order valence-electron chi connectivity index (χ1n) is 11.5. The van der Waals surface area contributed by atoms with Crippen LogP contribution < -0.4 is 0 Å². The third kappa shape index (κ3) is 4.10. The molecule has 2 aliphatic rings. The number of thioether (sulfide) groups is 1. The normalized spacial score (nSPS) is 20.9.